The predicted octanol–water partition coefficient (Wildman–Crippen LogP) is 3.29. The zero-order valence-corrected chi connectivity index (χ0v) is 14.2. The van der Waals surface area contributed by atoms with Crippen LogP contribution in [0, 0.1) is 11.7 Å². The quantitative estimate of drug-likeness (QED) is 0.892. The van der Waals surface area contributed by atoms with Gasteiger partial charge in [-0.2, -0.15) is 0 Å². The van der Waals surface area contributed by atoms with Gasteiger partial charge in [0.25, 0.3) is 5.91 Å². The number of carbonyl (C=O) groups excluding carboxylic acids is 2. The molecular weight excluding hydrogens is 327 g/mol. The number of nitrogens with one attached hydrogen (secondary N) is 1. The molecule has 0 aliphatic heterocycles. The molecule has 0 saturated heterocycles. The molecule has 126 valence electrons. The maximum atomic E-state index is 12.9. The minimum Gasteiger partial charge on any atom is -0.365 e. The van der Waals surface area contributed by atoms with Crippen LogP contribution in [0.5, 0.6) is 0 Å². The molecule has 24 heavy (non-hydrogen) atoms. The summed E-state index contributed by atoms with van der Waals surface area (Å²) in [7, 11) is 0. The molecule has 3 N–H and O–H groups in total. The molecule has 1 unspecified atom stereocenters. The minimum absolute atomic E-state index is 0.122. The lowest BCUT2D eigenvalue weighted by molar-refractivity contribution is -0.115. The lowest BCUT2D eigenvalue weighted by Crippen LogP contribution is -2.20. The Labute approximate surface area is 143 Å². The highest BCUT2D eigenvalue weighted by Crippen LogP contribution is 2.39. The van der Waals surface area contributed by atoms with E-state index < -0.39 is 5.91 Å². The minimum atomic E-state index is -0.501. The third-order valence-corrected chi connectivity index (χ3v) is 5.46. The van der Waals surface area contributed by atoms with Crippen LogP contribution in [0.25, 0.3) is 0 Å². The Morgan fingerprint density at radius 3 is 2.71 bits per heavy atom. The molecule has 4 nitrogen and oxygen atoms in total. The summed E-state index contributed by atoms with van der Waals surface area (Å²) in [5, 5.41) is 3.35. The summed E-state index contributed by atoms with van der Waals surface area (Å²) in [6.45, 7) is 2.18. The van der Waals surface area contributed by atoms with E-state index >= 15 is 0 Å². The summed E-state index contributed by atoms with van der Waals surface area (Å²) >= 11 is 1.44. The van der Waals surface area contributed by atoms with E-state index in [0.29, 0.717) is 22.0 Å². The molecule has 0 fully saturated rings. The maximum absolute atomic E-state index is 12.9. The molecule has 0 radical (unpaired) electrons. The Bertz CT molecular complexity index is 783. The highest BCUT2D eigenvalue weighted by Gasteiger charge is 2.27. The fourth-order valence-corrected chi connectivity index (χ4v) is 4.49. The molecule has 1 heterocycles. The first kappa shape index (κ1) is 16.6. The molecule has 6 heteroatoms. The molecule has 3 rings (SSSR count). The third kappa shape index (κ3) is 3.48. The lowest BCUT2D eigenvalue weighted by atomic mass is 9.88. The highest BCUT2D eigenvalue weighted by molar-refractivity contribution is 7.17. The van der Waals surface area contributed by atoms with Crippen molar-refractivity contribution in [3.8, 4) is 0 Å². The van der Waals surface area contributed by atoms with E-state index in [1.54, 1.807) is 12.1 Å². The number of benzene rings is 1. The van der Waals surface area contributed by atoms with Gasteiger partial charge in [-0.15, -0.1) is 11.3 Å². The molecule has 2 aromatic rings. The van der Waals surface area contributed by atoms with Crippen LogP contribution in [0.1, 0.15) is 39.7 Å². The third-order valence-electron chi connectivity index (χ3n) is 4.29. The highest BCUT2D eigenvalue weighted by atomic mass is 32.1. The fourth-order valence-electron chi connectivity index (χ4n) is 3.06. The van der Waals surface area contributed by atoms with Crippen molar-refractivity contribution in [1.82, 2.24) is 0 Å². The Morgan fingerprint density at radius 1 is 1.33 bits per heavy atom. The molecule has 0 saturated carbocycles. The van der Waals surface area contributed by atoms with Gasteiger partial charge >= 0.3 is 0 Å². The number of primary amides is 1. The Kier molecular flexibility index (Phi) is 4.66. The first-order chi connectivity index (χ1) is 11.4. The van der Waals surface area contributed by atoms with Gasteiger partial charge in [0.15, 0.2) is 0 Å². The summed E-state index contributed by atoms with van der Waals surface area (Å²) in [5.41, 5.74) is 7.69. The molecule has 1 aliphatic rings. The van der Waals surface area contributed by atoms with E-state index in [0.717, 1.165) is 29.7 Å². The number of carbonyl (C=O) groups is 2. The van der Waals surface area contributed by atoms with Crippen molar-refractivity contribution in [3.05, 3.63) is 51.7 Å². The van der Waals surface area contributed by atoms with E-state index in [4.69, 9.17) is 5.73 Å². The summed E-state index contributed by atoms with van der Waals surface area (Å²) in [6, 6.07) is 5.79. The standard InChI is InChI=1S/C18H19FN2O2S/c1-10-2-7-13-14(8-10)24-18(16(13)17(20)23)21-15(22)9-11-3-5-12(19)6-4-11/h3-6,10H,2,7-9H2,1H3,(H2,20,23)(H,21,22). The van der Waals surface area contributed by atoms with Gasteiger partial charge in [0.1, 0.15) is 10.8 Å². The van der Waals surface area contributed by atoms with E-state index in [1.807, 2.05) is 0 Å². The normalized spacial score (nSPS) is 16.5. The van der Waals surface area contributed by atoms with Crippen molar-refractivity contribution in [3.63, 3.8) is 0 Å². The van der Waals surface area contributed by atoms with Crippen LogP contribution in [-0.2, 0) is 24.1 Å². The molecule has 1 atom stereocenters. The van der Waals surface area contributed by atoms with Gasteiger partial charge in [-0.1, -0.05) is 19.1 Å². The van der Waals surface area contributed by atoms with Gasteiger partial charge in [-0.25, -0.2) is 4.39 Å². The van der Waals surface area contributed by atoms with Crippen LogP contribution in [0.4, 0.5) is 9.39 Å². The largest absolute Gasteiger partial charge is 0.365 e. The number of hydrogen-bond donors (Lipinski definition) is 2. The number of hydrogen-bond acceptors (Lipinski definition) is 3. The van der Waals surface area contributed by atoms with E-state index in [9.17, 15) is 14.0 Å². The number of anilines is 1. The van der Waals surface area contributed by atoms with E-state index in [2.05, 4.69) is 12.2 Å². The first-order valence-electron chi connectivity index (χ1n) is 7.92. The van der Waals surface area contributed by atoms with Crippen LogP contribution in [0.3, 0.4) is 0 Å². The molecule has 1 aromatic carbocycles. The number of halogens is 1. The van der Waals surface area contributed by atoms with Crippen molar-refractivity contribution in [2.45, 2.75) is 32.6 Å². The van der Waals surface area contributed by atoms with Crippen LogP contribution in [0.2, 0.25) is 0 Å². The second-order valence-corrected chi connectivity index (χ2v) is 7.38. The van der Waals surface area contributed by atoms with Gasteiger partial charge in [0, 0.05) is 4.88 Å². The average molecular weight is 346 g/mol. The second-order valence-electron chi connectivity index (χ2n) is 6.27. The van der Waals surface area contributed by atoms with Crippen LogP contribution < -0.4 is 11.1 Å². The van der Waals surface area contributed by atoms with Crippen LogP contribution in [-0.4, -0.2) is 11.8 Å². The predicted molar refractivity (Wildman–Crippen MR) is 92.8 cm³/mol. The lowest BCUT2D eigenvalue weighted by Gasteiger charge is -2.18. The van der Waals surface area contributed by atoms with Gasteiger partial charge in [0.05, 0.1) is 12.0 Å². The van der Waals surface area contributed by atoms with Gasteiger partial charge < -0.3 is 11.1 Å². The van der Waals surface area contributed by atoms with Gasteiger partial charge in [-0.05, 0) is 48.4 Å². The topological polar surface area (TPSA) is 72.2 Å². The molecule has 2 amide bonds. The van der Waals surface area contributed by atoms with E-state index in [1.165, 1.54) is 23.5 Å². The first-order valence-corrected chi connectivity index (χ1v) is 8.74. The Morgan fingerprint density at radius 2 is 2.04 bits per heavy atom. The van der Waals surface area contributed by atoms with E-state index in [-0.39, 0.29) is 18.1 Å². The van der Waals surface area contributed by atoms with Crippen molar-refractivity contribution < 1.29 is 14.0 Å². The van der Waals surface area contributed by atoms with Crippen molar-refractivity contribution in [2.75, 3.05) is 5.32 Å². The molecule has 1 aromatic heterocycles. The Balaban J connectivity index is 1.80. The van der Waals surface area contributed by atoms with Crippen molar-refractivity contribution in [2.24, 2.45) is 11.7 Å². The molecule has 1 aliphatic carbocycles. The second kappa shape index (κ2) is 6.73. The monoisotopic (exact) mass is 346 g/mol. The summed E-state index contributed by atoms with van der Waals surface area (Å²) in [6.07, 6.45) is 2.87. The summed E-state index contributed by atoms with van der Waals surface area (Å²) in [5.74, 6) is -0.509. The molecular formula is C18H19FN2O2S. The van der Waals surface area contributed by atoms with Crippen LogP contribution >= 0.6 is 11.3 Å². The summed E-state index contributed by atoms with van der Waals surface area (Å²) in [4.78, 5) is 25.3. The fraction of sp³-hybridized carbons (Fsp3) is 0.333. The smallest absolute Gasteiger partial charge is 0.251 e. The SMILES string of the molecule is CC1CCc2c(sc(NC(=O)Cc3ccc(F)cc3)c2C(N)=O)C1. The molecule has 0 bridgehead atoms. The number of amides is 2. The number of nitrogens with two attached hydrogens (primary N) is 1. The number of thiophene rings is 1. The average Bonchev–Trinajstić information content (AvgIpc) is 2.86. The number of rotatable bonds is 4. The molecule has 0 spiro atoms. The van der Waals surface area contributed by atoms with Crippen molar-refractivity contribution in [1.29, 1.82) is 0 Å². The maximum Gasteiger partial charge on any atom is 0.251 e. The van der Waals surface area contributed by atoms with Crippen molar-refractivity contribution >= 4 is 28.2 Å². The van der Waals surface area contributed by atoms with Gasteiger partial charge in [0.2, 0.25) is 5.91 Å². The zero-order valence-electron chi connectivity index (χ0n) is 13.4. The Hall–Kier alpha value is -2.21. The summed E-state index contributed by atoms with van der Waals surface area (Å²) < 4.78 is 12.9. The zero-order chi connectivity index (χ0) is 17.3. The van der Waals surface area contributed by atoms with Crippen LogP contribution in [0.15, 0.2) is 24.3 Å². The number of fused-ring (bicyclic) bond motifs is 1. The van der Waals surface area contributed by atoms with Gasteiger partial charge in [-0.3, -0.25) is 9.59 Å².